The molecular formula is C27H37N3O5. The lowest BCUT2D eigenvalue weighted by Crippen LogP contribution is -2.42. The van der Waals surface area contributed by atoms with Gasteiger partial charge in [-0.15, -0.1) is 0 Å². The number of benzene rings is 2. The molecule has 8 heteroatoms. The second kappa shape index (κ2) is 13.5. The maximum Gasteiger partial charge on any atom is 0.336 e. The zero-order chi connectivity index (χ0) is 26.0. The summed E-state index contributed by atoms with van der Waals surface area (Å²) in [6, 6.07) is 10.9. The van der Waals surface area contributed by atoms with Gasteiger partial charge in [0.25, 0.3) is 5.91 Å². The van der Waals surface area contributed by atoms with Gasteiger partial charge in [0.15, 0.2) is 0 Å². The monoisotopic (exact) mass is 483 g/mol. The number of carbonyl (C=O) groups excluding carboxylic acids is 2. The molecule has 2 rings (SSSR count). The smallest absolute Gasteiger partial charge is 0.336 e. The Labute approximate surface area is 207 Å². The minimum atomic E-state index is -0.992. The minimum absolute atomic E-state index is 0.0962. The van der Waals surface area contributed by atoms with Gasteiger partial charge in [0.1, 0.15) is 5.92 Å². The Bertz CT molecular complexity index is 1050. The molecule has 0 aliphatic rings. The average molecular weight is 484 g/mol. The van der Waals surface area contributed by atoms with Crippen molar-refractivity contribution in [3.63, 3.8) is 0 Å². The molecule has 2 amide bonds. The zero-order valence-corrected chi connectivity index (χ0v) is 20.8. The van der Waals surface area contributed by atoms with E-state index < -0.39 is 23.7 Å². The van der Waals surface area contributed by atoms with Gasteiger partial charge in [-0.2, -0.15) is 0 Å². The average Bonchev–Trinajstić information content (AvgIpc) is 2.84. The molecule has 8 nitrogen and oxygen atoms in total. The number of rotatable bonds is 14. The van der Waals surface area contributed by atoms with Gasteiger partial charge in [-0.05, 0) is 41.2 Å². The van der Waals surface area contributed by atoms with Crippen LogP contribution in [-0.2, 0) is 16.1 Å². The first-order valence-electron chi connectivity index (χ1n) is 12.1. The molecule has 0 aromatic heterocycles. The van der Waals surface area contributed by atoms with Gasteiger partial charge in [0.2, 0.25) is 5.91 Å². The number of carboxylic acid groups (broad SMARTS) is 1. The van der Waals surface area contributed by atoms with Gasteiger partial charge in [-0.25, -0.2) is 10.3 Å². The van der Waals surface area contributed by atoms with E-state index in [4.69, 9.17) is 5.21 Å². The molecule has 0 bridgehead atoms. The van der Waals surface area contributed by atoms with E-state index in [2.05, 4.69) is 23.7 Å². The van der Waals surface area contributed by atoms with Gasteiger partial charge in [0.05, 0.1) is 12.1 Å². The van der Waals surface area contributed by atoms with Crippen LogP contribution >= 0.6 is 0 Å². The number of nitrogens with one attached hydrogen (secondary N) is 2. The van der Waals surface area contributed by atoms with Crippen LogP contribution in [0.2, 0.25) is 0 Å². The largest absolute Gasteiger partial charge is 0.478 e. The highest BCUT2D eigenvalue weighted by Crippen LogP contribution is 2.25. The molecule has 0 heterocycles. The van der Waals surface area contributed by atoms with Crippen LogP contribution in [0.4, 0.5) is 0 Å². The van der Waals surface area contributed by atoms with Crippen molar-refractivity contribution in [2.75, 3.05) is 13.1 Å². The van der Waals surface area contributed by atoms with E-state index in [9.17, 15) is 19.5 Å². The molecule has 0 fully saturated rings. The predicted octanol–water partition coefficient (Wildman–Crippen LogP) is 4.33. The van der Waals surface area contributed by atoms with Crippen molar-refractivity contribution in [1.29, 1.82) is 0 Å². The topological polar surface area (TPSA) is 119 Å². The third-order valence-corrected chi connectivity index (χ3v) is 6.00. The second-order valence-corrected chi connectivity index (χ2v) is 9.19. The second-order valence-electron chi connectivity index (χ2n) is 9.19. The summed E-state index contributed by atoms with van der Waals surface area (Å²) in [5, 5.41) is 22.9. The Morgan fingerprint density at radius 2 is 1.71 bits per heavy atom. The lowest BCUT2D eigenvalue weighted by molar-refractivity contribution is -0.141. The summed E-state index contributed by atoms with van der Waals surface area (Å²) in [6.07, 6.45) is 3.35. The van der Waals surface area contributed by atoms with Crippen LogP contribution in [0.3, 0.4) is 0 Å². The summed E-state index contributed by atoms with van der Waals surface area (Å²) in [7, 11) is 0. The van der Waals surface area contributed by atoms with Crippen molar-refractivity contribution in [2.24, 2.45) is 11.8 Å². The predicted molar refractivity (Wildman–Crippen MR) is 136 cm³/mol. The first kappa shape index (κ1) is 27.9. The normalized spacial score (nSPS) is 11.8. The van der Waals surface area contributed by atoms with Crippen LogP contribution in [0.15, 0.2) is 48.7 Å². The number of hydrogen-bond acceptors (Lipinski definition) is 5. The van der Waals surface area contributed by atoms with Gasteiger partial charge < -0.3 is 15.3 Å². The molecule has 35 heavy (non-hydrogen) atoms. The van der Waals surface area contributed by atoms with Crippen LogP contribution in [0.5, 0.6) is 0 Å². The van der Waals surface area contributed by atoms with E-state index >= 15 is 0 Å². The Morgan fingerprint density at radius 1 is 1.03 bits per heavy atom. The number of unbranched alkanes of at least 4 members (excludes halogenated alkanes) is 2. The first-order chi connectivity index (χ1) is 16.7. The van der Waals surface area contributed by atoms with Crippen LogP contribution in [0.1, 0.15) is 62.4 Å². The van der Waals surface area contributed by atoms with Gasteiger partial charge in [0, 0.05) is 18.8 Å². The van der Waals surface area contributed by atoms with Gasteiger partial charge in [-0.1, -0.05) is 70.5 Å². The Hall–Kier alpha value is -3.39. The van der Waals surface area contributed by atoms with Crippen molar-refractivity contribution in [1.82, 2.24) is 15.7 Å². The molecule has 0 radical (unpaired) electrons. The molecule has 0 saturated carbocycles. The fraction of sp³-hybridized carbons (Fsp3) is 0.444. The third-order valence-electron chi connectivity index (χ3n) is 6.00. The van der Waals surface area contributed by atoms with E-state index in [1.165, 1.54) is 0 Å². The van der Waals surface area contributed by atoms with Crippen molar-refractivity contribution in [3.8, 4) is 0 Å². The number of carbonyl (C=O) groups is 3. The van der Waals surface area contributed by atoms with E-state index in [1.54, 1.807) is 17.6 Å². The summed E-state index contributed by atoms with van der Waals surface area (Å²) >= 11 is 0. The Kier molecular flexibility index (Phi) is 10.7. The molecule has 1 atom stereocenters. The highest BCUT2D eigenvalue weighted by Gasteiger charge is 2.27. The summed E-state index contributed by atoms with van der Waals surface area (Å²) in [6.45, 7) is 11.5. The molecular weight excluding hydrogens is 446 g/mol. The maximum atomic E-state index is 12.7. The number of hydroxylamine groups is 1. The minimum Gasteiger partial charge on any atom is -0.478 e. The highest BCUT2D eigenvalue weighted by molar-refractivity contribution is 6.04. The van der Waals surface area contributed by atoms with E-state index in [0.29, 0.717) is 24.0 Å². The lowest BCUT2D eigenvalue weighted by atomic mass is 9.95. The van der Waals surface area contributed by atoms with E-state index in [-0.39, 0.29) is 18.0 Å². The zero-order valence-electron chi connectivity index (χ0n) is 20.8. The quantitative estimate of drug-likeness (QED) is 0.137. The van der Waals surface area contributed by atoms with Crippen LogP contribution in [-0.4, -0.2) is 46.1 Å². The summed E-state index contributed by atoms with van der Waals surface area (Å²) in [4.78, 5) is 38.4. The highest BCUT2D eigenvalue weighted by atomic mass is 16.5. The van der Waals surface area contributed by atoms with E-state index in [0.717, 1.165) is 36.8 Å². The van der Waals surface area contributed by atoms with E-state index in [1.807, 2.05) is 38.1 Å². The molecule has 0 spiro atoms. The molecule has 0 aliphatic heterocycles. The van der Waals surface area contributed by atoms with Gasteiger partial charge >= 0.3 is 5.97 Å². The Morgan fingerprint density at radius 3 is 2.31 bits per heavy atom. The summed E-state index contributed by atoms with van der Waals surface area (Å²) < 4.78 is 0. The molecule has 2 aromatic rings. The molecule has 190 valence electrons. The van der Waals surface area contributed by atoms with Crippen molar-refractivity contribution < 1.29 is 24.7 Å². The third kappa shape index (κ3) is 7.82. The molecule has 0 saturated heterocycles. The fourth-order valence-corrected chi connectivity index (χ4v) is 4.10. The Balaban J connectivity index is 2.22. The van der Waals surface area contributed by atoms with Crippen LogP contribution < -0.4 is 10.8 Å². The number of amides is 2. The number of carboxylic acids is 1. The summed E-state index contributed by atoms with van der Waals surface area (Å²) in [5.41, 5.74) is 3.49. The van der Waals surface area contributed by atoms with Crippen molar-refractivity contribution in [2.45, 2.75) is 53.0 Å². The molecule has 0 aliphatic carbocycles. The standard InChI is InChI=1S/C27H37N3O5/c1-5-6-9-14-30(19(4)16-28-25(31)24(15-18(2)3)26(32)29-35)17-20-12-13-23(27(33)34)22-11-8-7-10-21(20)22/h7-8,10-13,18,24,35H,4-6,9,14-17H2,1-3H3,(H,28,31)(H,29,32)(H,33,34). The molecule has 1 unspecified atom stereocenters. The van der Waals surface area contributed by atoms with Crippen LogP contribution in [0, 0.1) is 11.8 Å². The maximum absolute atomic E-state index is 12.7. The molecule has 4 N–H and O–H groups in total. The number of fused-ring (bicyclic) bond motifs is 1. The molecule has 2 aromatic carbocycles. The number of hydrogen-bond donors (Lipinski definition) is 4. The van der Waals surface area contributed by atoms with Crippen LogP contribution in [0.25, 0.3) is 10.8 Å². The number of nitrogens with zero attached hydrogens (tertiary/aromatic N) is 1. The van der Waals surface area contributed by atoms with Crippen molar-refractivity contribution >= 4 is 28.6 Å². The van der Waals surface area contributed by atoms with Crippen molar-refractivity contribution in [3.05, 3.63) is 59.8 Å². The fourth-order valence-electron chi connectivity index (χ4n) is 4.10. The summed E-state index contributed by atoms with van der Waals surface area (Å²) in [5.74, 6) is -3.06. The SMILES string of the molecule is C=C(CNC(=O)C(CC(C)C)C(=O)NO)N(CCCCC)Cc1ccc(C(=O)O)c2ccccc12. The lowest BCUT2D eigenvalue weighted by Gasteiger charge is -2.28. The number of aromatic carboxylic acids is 1. The van der Waals surface area contributed by atoms with Gasteiger partial charge in [-0.3, -0.25) is 14.8 Å². The first-order valence-corrected chi connectivity index (χ1v) is 12.1.